The summed E-state index contributed by atoms with van der Waals surface area (Å²) in [5, 5.41) is 12.4. The lowest BCUT2D eigenvalue weighted by Crippen LogP contribution is -2.01. The standard InChI is InChI=1S/C12H9ClFIOS/c13-10-2-1-9(14)3-7(10)4-11(16)8-5-12(15)17-6-8/h1-3,5-6,11,16H,4H2. The van der Waals surface area contributed by atoms with Gasteiger partial charge in [-0.15, -0.1) is 11.3 Å². The van der Waals surface area contributed by atoms with Gasteiger partial charge in [0.2, 0.25) is 0 Å². The summed E-state index contributed by atoms with van der Waals surface area (Å²) in [4.78, 5) is 0. The van der Waals surface area contributed by atoms with Crippen LogP contribution in [0.2, 0.25) is 5.02 Å². The van der Waals surface area contributed by atoms with Crippen molar-refractivity contribution in [3.63, 3.8) is 0 Å². The minimum absolute atomic E-state index is 0.323. The number of aliphatic hydroxyl groups is 1. The van der Waals surface area contributed by atoms with Crippen LogP contribution in [-0.2, 0) is 6.42 Å². The van der Waals surface area contributed by atoms with Crippen molar-refractivity contribution in [2.75, 3.05) is 0 Å². The second kappa shape index (κ2) is 5.65. The Morgan fingerprint density at radius 2 is 2.18 bits per heavy atom. The minimum Gasteiger partial charge on any atom is -0.388 e. The summed E-state index contributed by atoms with van der Waals surface area (Å²) in [6.07, 6.45) is -0.322. The Balaban J connectivity index is 2.18. The normalized spacial score (nSPS) is 12.7. The van der Waals surface area contributed by atoms with E-state index in [1.807, 2.05) is 11.4 Å². The van der Waals surface area contributed by atoms with Crippen LogP contribution in [0.4, 0.5) is 4.39 Å². The molecule has 1 heterocycles. The van der Waals surface area contributed by atoms with E-state index in [9.17, 15) is 9.50 Å². The highest BCUT2D eigenvalue weighted by Crippen LogP contribution is 2.27. The molecule has 2 rings (SSSR count). The van der Waals surface area contributed by atoms with Gasteiger partial charge in [0.05, 0.1) is 8.99 Å². The molecule has 1 atom stereocenters. The molecule has 1 N–H and O–H groups in total. The molecule has 0 aliphatic heterocycles. The molecule has 2 aromatic rings. The van der Waals surface area contributed by atoms with Gasteiger partial charge in [-0.25, -0.2) is 4.39 Å². The molecule has 0 aliphatic carbocycles. The van der Waals surface area contributed by atoms with Gasteiger partial charge >= 0.3 is 0 Å². The van der Waals surface area contributed by atoms with Gasteiger partial charge in [0.1, 0.15) is 5.82 Å². The molecule has 0 amide bonds. The summed E-state index contributed by atoms with van der Waals surface area (Å²) < 4.78 is 14.2. The minimum atomic E-state index is -0.644. The van der Waals surface area contributed by atoms with Crippen LogP contribution in [0, 0.1) is 8.70 Å². The van der Waals surface area contributed by atoms with E-state index in [0.29, 0.717) is 17.0 Å². The van der Waals surface area contributed by atoms with Crippen LogP contribution in [-0.4, -0.2) is 5.11 Å². The molecule has 0 fully saturated rings. The highest BCUT2D eigenvalue weighted by atomic mass is 127. The topological polar surface area (TPSA) is 20.2 Å². The maximum absolute atomic E-state index is 13.1. The second-order valence-electron chi connectivity index (χ2n) is 3.64. The molecule has 1 nitrogen and oxygen atoms in total. The van der Waals surface area contributed by atoms with Gasteiger partial charge in [0.25, 0.3) is 0 Å². The Morgan fingerprint density at radius 3 is 2.82 bits per heavy atom. The number of rotatable bonds is 3. The average molecular weight is 383 g/mol. The van der Waals surface area contributed by atoms with Crippen molar-refractivity contribution < 1.29 is 9.50 Å². The van der Waals surface area contributed by atoms with E-state index < -0.39 is 6.10 Å². The second-order valence-corrected chi connectivity index (χ2v) is 6.85. The molecule has 0 saturated carbocycles. The zero-order valence-corrected chi connectivity index (χ0v) is 12.4. The Hall–Kier alpha value is -0.170. The van der Waals surface area contributed by atoms with E-state index in [4.69, 9.17) is 11.6 Å². The van der Waals surface area contributed by atoms with Crippen LogP contribution >= 0.6 is 45.5 Å². The lowest BCUT2D eigenvalue weighted by molar-refractivity contribution is 0.179. The predicted molar refractivity (Wildman–Crippen MR) is 77.1 cm³/mol. The first-order chi connectivity index (χ1) is 8.06. The summed E-state index contributed by atoms with van der Waals surface area (Å²) in [6.45, 7) is 0. The van der Waals surface area contributed by atoms with Gasteiger partial charge in [-0.1, -0.05) is 11.6 Å². The maximum atomic E-state index is 13.1. The van der Waals surface area contributed by atoms with Crippen molar-refractivity contribution in [2.45, 2.75) is 12.5 Å². The van der Waals surface area contributed by atoms with E-state index in [1.165, 1.54) is 18.2 Å². The van der Waals surface area contributed by atoms with Gasteiger partial charge in [0, 0.05) is 11.4 Å². The third kappa shape index (κ3) is 3.40. The molecule has 90 valence electrons. The fourth-order valence-electron chi connectivity index (χ4n) is 1.52. The number of thiophene rings is 1. The van der Waals surface area contributed by atoms with Crippen LogP contribution in [0.3, 0.4) is 0 Å². The highest BCUT2D eigenvalue weighted by Gasteiger charge is 2.13. The van der Waals surface area contributed by atoms with E-state index >= 15 is 0 Å². The van der Waals surface area contributed by atoms with Gasteiger partial charge in [-0.3, -0.25) is 0 Å². The molecule has 17 heavy (non-hydrogen) atoms. The molecule has 0 spiro atoms. The molecular weight excluding hydrogens is 374 g/mol. The number of hydrogen-bond donors (Lipinski definition) is 1. The van der Waals surface area contributed by atoms with Crippen LogP contribution in [0.25, 0.3) is 0 Å². The molecular formula is C12H9ClFIOS. The maximum Gasteiger partial charge on any atom is 0.123 e. The van der Waals surface area contributed by atoms with Crippen LogP contribution in [0.15, 0.2) is 29.6 Å². The smallest absolute Gasteiger partial charge is 0.123 e. The predicted octanol–water partition coefficient (Wildman–Crippen LogP) is 4.42. The van der Waals surface area contributed by atoms with E-state index in [0.717, 1.165) is 8.45 Å². The summed E-state index contributed by atoms with van der Waals surface area (Å²) >= 11 is 9.72. The Labute approximate surface area is 121 Å². The first kappa shape index (κ1) is 13.3. The third-order valence-corrected chi connectivity index (χ3v) is 4.57. The quantitative estimate of drug-likeness (QED) is 0.779. The van der Waals surface area contributed by atoms with Crippen molar-refractivity contribution in [3.8, 4) is 0 Å². The van der Waals surface area contributed by atoms with Crippen molar-refractivity contribution >= 4 is 45.5 Å². The summed E-state index contributed by atoms with van der Waals surface area (Å²) in [6, 6.07) is 6.11. The van der Waals surface area contributed by atoms with Gasteiger partial charge in [-0.2, -0.15) is 0 Å². The zero-order chi connectivity index (χ0) is 12.4. The Bertz CT molecular complexity index is 529. The fraction of sp³-hybridized carbons (Fsp3) is 0.167. The van der Waals surface area contributed by atoms with E-state index in [-0.39, 0.29) is 5.82 Å². The monoisotopic (exact) mass is 382 g/mol. The zero-order valence-electron chi connectivity index (χ0n) is 8.66. The Morgan fingerprint density at radius 1 is 1.41 bits per heavy atom. The van der Waals surface area contributed by atoms with E-state index in [2.05, 4.69) is 22.6 Å². The average Bonchev–Trinajstić information content (AvgIpc) is 2.70. The molecule has 0 aliphatic rings. The highest BCUT2D eigenvalue weighted by molar-refractivity contribution is 14.1. The number of halogens is 3. The summed E-state index contributed by atoms with van der Waals surface area (Å²) in [5.41, 5.74) is 1.47. The number of benzene rings is 1. The molecule has 0 bridgehead atoms. The largest absolute Gasteiger partial charge is 0.388 e. The van der Waals surface area contributed by atoms with Gasteiger partial charge in [0.15, 0.2) is 0 Å². The first-order valence-corrected chi connectivity index (χ1v) is 7.26. The van der Waals surface area contributed by atoms with Crippen molar-refractivity contribution in [1.82, 2.24) is 0 Å². The summed E-state index contributed by atoms with van der Waals surface area (Å²) in [5.74, 6) is -0.337. The molecule has 1 unspecified atom stereocenters. The van der Waals surface area contributed by atoms with Crippen molar-refractivity contribution in [2.24, 2.45) is 0 Å². The molecule has 0 radical (unpaired) electrons. The van der Waals surface area contributed by atoms with E-state index in [1.54, 1.807) is 11.3 Å². The van der Waals surface area contributed by atoms with Crippen LogP contribution in [0.5, 0.6) is 0 Å². The van der Waals surface area contributed by atoms with Crippen LogP contribution in [0.1, 0.15) is 17.2 Å². The molecule has 0 saturated heterocycles. The number of aliphatic hydroxyl groups excluding tert-OH is 1. The third-order valence-electron chi connectivity index (χ3n) is 2.39. The SMILES string of the molecule is OC(Cc1cc(F)ccc1Cl)c1csc(I)c1. The molecule has 5 heteroatoms. The lowest BCUT2D eigenvalue weighted by Gasteiger charge is -2.10. The van der Waals surface area contributed by atoms with Crippen molar-refractivity contribution in [1.29, 1.82) is 0 Å². The van der Waals surface area contributed by atoms with Crippen molar-refractivity contribution in [3.05, 3.63) is 54.5 Å². The van der Waals surface area contributed by atoms with Gasteiger partial charge in [-0.05, 0) is 63.4 Å². The fourth-order valence-corrected chi connectivity index (χ4v) is 3.14. The first-order valence-electron chi connectivity index (χ1n) is 4.92. The Kier molecular flexibility index (Phi) is 4.41. The summed E-state index contributed by atoms with van der Waals surface area (Å²) in [7, 11) is 0. The molecule has 1 aromatic carbocycles. The van der Waals surface area contributed by atoms with Gasteiger partial charge < -0.3 is 5.11 Å². The number of hydrogen-bond acceptors (Lipinski definition) is 2. The molecule has 1 aromatic heterocycles. The van der Waals surface area contributed by atoms with Crippen LogP contribution < -0.4 is 0 Å². The lowest BCUT2D eigenvalue weighted by atomic mass is 10.0.